The molecule has 1 fully saturated rings. The highest BCUT2D eigenvalue weighted by Crippen LogP contribution is 2.08. The molecule has 0 radical (unpaired) electrons. The van der Waals surface area contributed by atoms with Crippen LogP contribution in [-0.4, -0.2) is 60.0 Å². The van der Waals surface area contributed by atoms with Crippen LogP contribution in [0.5, 0.6) is 0 Å². The van der Waals surface area contributed by atoms with Crippen LogP contribution in [0.15, 0.2) is 48.7 Å². The Morgan fingerprint density at radius 3 is 2.65 bits per heavy atom. The molecule has 1 N–H and O–H groups in total. The number of nitriles is 1. The van der Waals surface area contributed by atoms with Crippen LogP contribution in [0.4, 0.5) is 5.69 Å². The van der Waals surface area contributed by atoms with E-state index in [2.05, 4.69) is 21.3 Å². The number of amides is 1. The van der Waals surface area contributed by atoms with Gasteiger partial charge < -0.3 is 10.2 Å². The summed E-state index contributed by atoms with van der Waals surface area (Å²) in [5.41, 5.74) is 2.56. The summed E-state index contributed by atoms with van der Waals surface area (Å²) in [7, 11) is 0. The van der Waals surface area contributed by atoms with Gasteiger partial charge in [0.1, 0.15) is 11.8 Å². The molecule has 0 aliphatic carbocycles. The Balaban J connectivity index is 1.39. The molecule has 1 saturated heterocycles. The number of nitrogens with zero attached hydrogens (tertiary/aromatic N) is 4. The summed E-state index contributed by atoms with van der Waals surface area (Å²) in [6.07, 6.45) is 2.57. The van der Waals surface area contributed by atoms with E-state index in [1.54, 1.807) is 6.20 Å². The number of nitrogens with one attached hydrogen (secondary N) is 1. The third-order valence-electron chi connectivity index (χ3n) is 4.60. The molecule has 1 amide bonds. The minimum absolute atomic E-state index is 0.140. The van der Waals surface area contributed by atoms with Crippen molar-refractivity contribution in [2.45, 2.75) is 6.42 Å². The summed E-state index contributed by atoms with van der Waals surface area (Å²) in [6, 6.07) is 15.7. The van der Waals surface area contributed by atoms with Crippen LogP contribution in [0.1, 0.15) is 11.3 Å². The van der Waals surface area contributed by atoms with E-state index in [0.29, 0.717) is 12.2 Å². The molecule has 2 aromatic rings. The third-order valence-corrected chi connectivity index (χ3v) is 4.60. The topological polar surface area (TPSA) is 72.3 Å². The lowest BCUT2D eigenvalue weighted by molar-refractivity contribution is -0.131. The number of carbonyl (C=O) groups is 1. The van der Waals surface area contributed by atoms with Crippen LogP contribution in [0.3, 0.4) is 0 Å². The van der Waals surface area contributed by atoms with Crippen molar-refractivity contribution in [2.75, 3.05) is 44.6 Å². The normalized spacial score (nSPS) is 14.7. The van der Waals surface area contributed by atoms with E-state index >= 15 is 0 Å². The molecular weight excluding hydrogens is 326 g/mol. The number of anilines is 1. The number of pyridine rings is 1. The number of piperazine rings is 1. The average molecular weight is 349 g/mol. The molecule has 0 spiro atoms. The maximum absolute atomic E-state index is 12.3. The Kier molecular flexibility index (Phi) is 6.18. The molecule has 1 aliphatic rings. The first kappa shape index (κ1) is 17.9. The van der Waals surface area contributed by atoms with Crippen molar-refractivity contribution in [2.24, 2.45) is 0 Å². The number of hydrogen-bond donors (Lipinski definition) is 1. The van der Waals surface area contributed by atoms with Gasteiger partial charge in [-0.1, -0.05) is 18.2 Å². The zero-order chi connectivity index (χ0) is 18.2. The van der Waals surface area contributed by atoms with Gasteiger partial charge in [0.15, 0.2) is 0 Å². The summed E-state index contributed by atoms with van der Waals surface area (Å²) >= 11 is 0. The average Bonchev–Trinajstić information content (AvgIpc) is 2.72. The molecule has 134 valence electrons. The highest BCUT2D eigenvalue weighted by Gasteiger charge is 2.20. The van der Waals surface area contributed by atoms with Crippen molar-refractivity contribution in [1.29, 1.82) is 5.26 Å². The summed E-state index contributed by atoms with van der Waals surface area (Å²) in [5.74, 6) is 0.140. The predicted octanol–water partition coefficient (Wildman–Crippen LogP) is 1.75. The lowest BCUT2D eigenvalue weighted by atomic mass is 10.1. The van der Waals surface area contributed by atoms with Crippen molar-refractivity contribution >= 4 is 11.6 Å². The van der Waals surface area contributed by atoms with Crippen molar-refractivity contribution in [1.82, 2.24) is 14.8 Å². The predicted molar refractivity (Wildman–Crippen MR) is 101 cm³/mol. The van der Waals surface area contributed by atoms with Gasteiger partial charge in [-0.3, -0.25) is 9.69 Å². The SMILES string of the molecule is N#Cc1cc(CCN2CCN(C(=O)CNc3ccccc3)CC2)ccn1. The smallest absolute Gasteiger partial charge is 0.241 e. The quantitative estimate of drug-likeness (QED) is 0.860. The summed E-state index contributed by atoms with van der Waals surface area (Å²) in [5, 5.41) is 12.1. The van der Waals surface area contributed by atoms with Crippen LogP contribution in [-0.2, 0) is 11.2 Å². The first-order chi connectivity index (χ1) is 12.7. The molecule has 2 heterocycles. The van der Waals surface area contributed by atoms with Crippen LogP contribution in [0.25, 0.3) is 0 Å². The van der Waals surface area contributed by atoms with Crippen molar-refractivity contribution in [3.63, 3.8) is 0 Å². The molecule has 0 unspecified atom stereocenters. The van der Waals surface area contributed by atoms with Crippen molar-refractivity contribution in [3.8, 4) is 6.07 Å². The van der Waals surface area contributed by atoms with E-state index < -0.39 is 0 Å². The molecule has 1 aromatic carbocycles. The van der Waals surface area contributed by atoms with Gasteiger partial charge in [0.2, 0.25) is 5.91 Å². The molecule has 0 bridgehead atoms. The molecule has 26 heavy (non-hydrogen) atoms. The summed E-state index contributed by atoms with van der Waals surface area (Å²) in [4.78, 5) is 20.6. The monoisotopic (exact) mass is 349 g/mol. The fraction of sp³-hybridized carbons (Fsp3) is 0.350. The molecule has 1 aromatic heterocycles. The van der Waals surface area contributed by atoms with Crippen LogP contribution >= 0.6 is 0 Å². The van der Waals surface area contributed by atoms with E-state index in [0.717, 1.165) is 50.4 Å². The molecule has 3 rings (SSSR count). The van der Waals surface area contributed by atoms with E-state index in [9.17, 15) is 4.79 Å². The van der Waals surface area contributed by atoms with Gasteiger partial charge in [-0.15, -0.1) is 0 Å². The van der Waals surface area contributed by atoms with Crippen LogP contribution in [0.2, 0.25) is 0 Å². The van der Waals surface area contributed by atoms with E-state index in [4.69, 9.17) is 5.26 Å². The number of rotatable bonds is 6. The van der Waals surface area contributed by atoms with Gasteiger partial charge in [-0.05, 0) is 36.2 Å². The zero-order valence-corrected chi connectivity index (χ0v) is 14.8. The number of aromatic nitrogens is 1. The van der Waals surface area contributed by atoms with Gasteiger partial charge in [0.25, 0.3) is 0 Å². The molecule has 0 atom stereocenters. The molecule has 6 nitrogen and oxygen atoms in total. The fourth-order valence-corrected chi connectivity index (χ4v) is 3.04. The van der Waals surface area contributed by atoms with Gasteiger partial charge in [-0.2, -0.15) is 5.26 Å². The van der Waals surface area contributed by atoms with Crippen molar-refractivity contribution in [3.05, 3.63) is 59.9 Å². The summed E-state index contributed by atoms with van der Waals surface area (Å²) < 4.78 is 0. The Morgan fingerprint density at radius 2 is 1.92 bits per heavy atom. The second kappa shape index (κ2) is 8.97. The van der Waals surface area contributed by atoms with Crippen molar-refractivity contribution < 1.29 is 4.79 Å². The third kappa shape index (κ3) is 5.04. The van der Waals surface area contributed by atoms with Gasteiger partial charge >= 0.3 is 0 Å². The minimum Gasteiger partial charge on any atom is -0.376 e. The molecule has 1 aliphatic heterocycles. The highest BCUT2D eigenvalue weighted by molar-refractivity contribution is 5.81. The Morgan fingerprint density at radius 1 is 1.15 bits per heavy atom. The van der Waals surface area contributed by atoms with E-state index in [1.165, 1.54) is 0 Å². The fourth-order valence-electron chi connectivity index (χ4n) is 3.04. The van der Waals surface area contributed by atoms with E-state index in [1.807, 2.05) is 47.4 Å². The van der Waals surface area contributed by atoms with Gasteiger partial charge in [-0.25, -0.2) is 4.98 Å². The Labute approximate surface area is 154 Å². The Bertz CT molecular complexity index is 763. The first-order valence-electron chi connectivity index (χ1n) is 8.88. The zero-order valence-electron chi connectivity index (χ0n) is 14.8. The van der Waals surface area contributed by atoms with Gasteiger partial charge in [0.05, 0.1) is 6.54 Å². The number of benzene rings is 1. The second-order valence-corrected chi connectivity index (χ2v) is 6.35. The second-order valence-electron chi connectivity index (χ2n) is 6.35. The summed E-state index contributed by atoms with van der Waals surface area (Å²) in [6.45, 7) is 4.54. The number of hydrogen-bond acceptors (Lipinski definition) is 5. The molecular formula is C20H23N5O. The van der Waals surface area contributed by atoms with Crippen LogP contribution < -0.4 is 5.32 Å². The number of carbonyl (C=O) groups excluding carboxylic acids is 1. The highest BCUT2D eigenvalue weighted by atomic mass is 16.2. The molecule has 0 saturated carbocycles. The Hall–Kier alpha value is -2.91. The first-order valence-corrected chi connectivity index (χ1v) is 8.88. The van der Waals surface area contributed by atoms with Gasteiger partial charge in [0, 0.05) is 44.6 Å². The maximum atomic E-state index is 12.3. The van der Waals surface area contributed by atoms with Crippen LogP contribution in [0, 0.1) is 11.3 Å². The number of para-hydroxylation sites is 1. The lowest BCUT2D eigenvalue weighted by Crippen LogP contribution is -2.50. The van der Waals surface area contributed by atoms with E-state index in [-0.39, 0.29) is 5.91 Å². The standard InChI is InChI=1S/C20H23N5O/c21-15-19-14-17(6-8-22-19)7-9-24-10-12-25(13-11-24)20(26)16-23-18-4-2-1-3-5-18/h1-6,8,14,23H,7,9-13,16H2. The molecule has 6 heteroatoms. The lowest BCUT2D eigenvalue weighted by Gasteiger charge is -2.34. The largest absolute Gasteiger partial charge is 0.376 e. The maximum Gasteiger partial charge on any atom is 0.241 e. The minimum atomic E-state index is 0.140.